The molecule has 0 atom stereocenters. The van der Waals surface area contributed by atoms with E-state index in [1.165, 1.54) is 30.4 Å². The van der Waals surface area contributed by atoms with Gasteiger partial charge in [0.25, 0.3) is 0 Å². The lowest BCUT2D eigenvalue weighted by Crippen LogP contribution is -2.27. The van der Waals surface area contributed by atoms with Crippen LogP contribution in [0.1, 0.15) is 31.7 Å². The number of rotatable bonds is 5. The Morgan fingerprint density at radius 1 is 1.16 bits per heavy atom. The molecule has 0 saturated heterocycles. The number of aromatic nitrogens is 2. The second kappa shape index (κ2) is 5.57. The topological polar surface area (TPSA) is 43.8 Å². The maximum Gasteiger partial charge on any atom is 0.0568 e. The number of hydrogen-bond donors (Lipinski definition) is 1. The molecule has 2 aromatic rings. The van der Waals surface area contributed by atoms with Crippen LogP contribution in [0.15, 0.2) is 42.7 Å². The third-order valence-electron chi connectivity index (χ3n) is 4.11. The van der Waals surface area contributed by atoms with Gasteiger partial charge in [0.1, 0.15) is 0 Å². The van der Waals surface area contributed by atoms with Gasteiger partial charge in [-0.1, -0.05) is 30.3 Å². The number of nitrogens with zero attached hydrogens (tertiary/aromatic N) is 2. The molecular weight excluding hydrogens is 234 g/mol. The lowest BCUT2D eigenvalue weighted by atomic mass is 9.77. The van der Waals surface area contributed by atoms with Crippen molar-refractivity contribution in [2.75, 3.05) is 6.54 Å². The van der Waals surface area contributed by atoms with Crippen molar-refractivity contribution in [1.29, 1.82) is 0 Å². The Morgan fingerprint density at radius 2 is 1.95 bits per heavy atom. The Hall–Kier alpha value is -1.61. The van der Waals surface area contributed by atoms with Crippen LogP contribution in [0.5, 0.6) is 0 Å². The average Bonchev–Trinajstić information content (AvgIpc) is 2.87. The van der Waals surface area contributed by atoms with Crippen molar-refractivity contribution in [2.24, 2.45) is 11.7 Å². The summed E-state index contributed by atoms with van der Waals surface area (Å²) >= 11 is 0. The fourth-order valence-electron chi connectivity index (χ4n) is 2.88. The lowest BCUT2D eigenvalue weighted by Gasteiger charge is -2.35. The van der Waals surface area contributed by atoms with Gasteiger partial charge in [0.05, 0.1) is 12.2 Å². The standard InChI is InChI=1S/C16H21N3/c17-8-4-5-13-9-16(10-13)19-12-15(11-18-19)14-6-2-1-3-7-14/h1-3,6-7,11-13,16H,4-5,8-10,17H2. The minimum Gasteiger partial charge on any atom is -0.330 e. The van der Waals surface area contributed by atoms with Crippen LogP contribution in [0.3, 0.4) is 0 Å². The van der Waals surface area contributed by atoms with Gasteiger partial charge in [0.15, 0.2) is 0 Å². The SMILES string of the molecule is NCCCC1CC(n2cc(-c3ccccc3)cn2)C1. The van der Waals surface area contributed by atoms with Crippen LogP contribution >= 0.6 is 0 Å². The number of benzene rings is 1. The summed E-state index contributed by atoms with van der Waals surface area (Å²) in [6.07, 6.45) is 9.11. The second-order valence-corrected chi connectivity index (χ2v) is 5.50. The van der Waals surface area contributed by atoms with E-state index in [1.807, 2.05) is 12.3 Å². The van der Waals surface area contributed by atoms with E-state index >= 15 is 0 Å². The maximum absolute atomic E-state index is 5.55. The Labute approximate surface area is 114 Å². The average molecular weight is 255 g/mol. The van der Waals surface area contributed by atoms with Gasteiger partial charge in [-0.3, -0.25) is 4.68 Å². The van der Waals surface area contributed by atoms with Crippen LogP contribution < -0.4 is 5.73 Å². The monoisotopic (exact) mass is 255 g/mol. The first-order chi connectivity index (χ1) is 9.36. The highest BCUT2D eigenvalue weighted by molar-refractivity contribution is 5.61. The highest BCUT2D eigenvalue weighted by atomic mass is 15.3. The van der Waals surface area contributed by atoms with E-state index in [2.05, 4.69) is 40.2 Å². The molecule has 1 aromatic carbocycles. The highest BCUT2D eigenvalue weighted by Crippen LogP contribution is 2.40. The predicted molar refractivity (Wildman–Crippen MR) is 77.7 cm³/mol. The zero-order valence-corrected chi connectivity index (χ0v) is 11.2. The van der Waals surface area contributed by atoms with Gasteiger partial charge in [-0.15, -0.1) is 0 Å². The Bertz CT molecular complexity index is 512. The number of hydrogen-bond acceptors (Lipinski definition) is 2. The van der Waals surface area contributed by atoms with Crippen molar-refractivity contribution in [2.45, 2.75) is 31.7 Å². The van der Waals surface area contributed by atoms with E-state index in [4.69, 9.17) is 5.73 Å². The summed E-state index contributed by atoms with van der Waals surface area (Å²) in [6, 6.07) is 11.0. The van der Waals surface area contributed by atoms with E-state index in [0.717, 1.165) is 18.9 Å². The molecule has 100 valence electrons. The van der Waals surface area contributed by atoms with Crippen LogP contribution in [0.2, 0.25) is 0 Å². The first-order valence-corrected chi connectivity index (χ1v) is 7.16. The van der Waals surface area contributed by atoms with E-state index in [1.54, 1.807) is 0 Å². The molecule has 1 aliphatic carbocycles. The zero-order chi connectivity index (χ0) is 13.1. The Kier molecular flexibility index (Phi) is 3.65. The third-order valence-corrected chi connectivity index (χ3v) is 4.11. The van der Waals surface area contributed by atoms with Gasteiger partial charge in [-0.25, -0.2) is 0 Å². The van der Waals surface area contributed by atoms with Crippen LogP contribution in [-0.4, -0.2) is 16.3 Å². The molecule has 19 heavy (non-hydrogen) atoms. The molecule has 1 aliphatic rings. The molecule has 0 radical (unpaired) electrons. The van der Waals surface area contributed by atoms with E-state index in [9.17, 15) is 0 Å². The maximum atomic E-state index is 5.55. The summed E-state index contributed by atoms with van der Waals surface area (Å²) in [5.74, 6) is 0.859. The molecule has 0 spiro atoms. The molecule has 1 aromatic heterocycles. The molecule has 1 saturated carbocycles. The smallest absolute Gasteiger partial charge is 0.0568 e. The van der Waals surface area contributed by atoms with Gasteiger partial charge in [0.2, 0.25) is 0 Å². The van der Waals surface area contributed by atoms with Crippen molar-refractivity contribution in [3.63, 3.8) is 0 Å². The minimum atomic E-state index is 0.597. The molecule has 0 unspecified atom stereocenters. The molecule has 0 amide bonds. The van der Waals surface area contributed by atoms with Crippen molar-refractivity contribution < 1.29 is 0 Å². The largest absolute Gasteiger partial charge is 0.330 e. The second-order valence-electron chi connectivity index (χ2n) is 5.50. The summed E-state index contributed by atoms with van der Waals surface area (Å²) in [7, 11) is 0. The molecule has 1 fully saturated rings. The zero-order valence-electron chi connectivity index (χ0n) is 11.2. The normalized spacial score (nSPS) is 22.2. The van der Waals surface area contributed by atoms with Gasteiger partial charge in [0, 0.05) is 11.8 Å². The van der Waals surface area contributed by atoms with Gasteiger partial charge >= 0.3 is 0 Å². The summed E-state index contributed by atoms with van der Waals surface area (Å²) in [5, 5.41) is 4.52. The van der Waals surface area contributed by atoms with Crippen molar-refractivity contribution in [1.82, 2.24) is 9.78 Å². The van der Waals surface area contributed by atoms with Crippen LogP contribution in [0, 0.1) is 5.92 Å². The fourth-order valence-corrected chi connectivity index (χ4v) is 2.88. The van der Waals surface area contributed by atoms with Crippen molar-refractivity contribution in [3.8, 4) is 11.1 Å². The van der Waals surface area contributed by atoms with Crippen molar-refractivity contribution >= 4 is 0 Å². The summed E-state index contributed by atoms with van der Waals surface area (Å²) in [4.78, 5) is 0. The van der Waals surface area contributed by atoms with Crippen molar-refractivity contribution in [3.05, 3.63) is 42.7 Å². The Balaban J connectivity index is 1.61. The van der Waals surface area contributed by atoms with Crippen LogP contribution in [-0.2, 0) is 0 Å². The first-order valence-electron chi connectivity index (χ1n) is 7.16. The molecular formula is C16H21N3. The van der Waals surface area contributed by atoms with Crippen LogP contribution in [0.4, 0.5) is 0 Å². The van der Waals surface area contributed by atoms with Gasteiger partial charge < -0.3 is 5.73 Å². The third kappa shape index (κ3) is 2.71. The van der Waals surface area contributed by atoms with E-state index in [0.29, 0.717) is 6.04 Å². The summed E-state index contributed by atoms with van der Waals surface area (Å²) in [6.45, 7) is 0.821. The highest BCUT2D eigenvalue weighted by Gasteiger charge is 2.30. The van der Waals surface area contributed by atoms with Gasteiger partial charge in [-0.05, 0) is 43.7 Å². The molecule has 2 N–H and O–H groups in total. The molecule has 0 bridgehead atoms. The minimum absolute atomic E-state index is 0.597. The number of nitrogens with two attached hydrogens (primary N) is 1. The molecule has 3 nitrogen and oxygen atoms in total. The molecule has 1 heterocycles. The van der Waals surface area contributed by atoms with E-state index < -0.39 is 0 Å². The van der Waals surface area contributed by atoms with Gasteiger partial charge in [-0.2, -0.15) is 5.10 Å². The van der Waals surface area contributed by atoms with E-state index in [-0.39, 0.29) is 0 Å². The lowest BCUT2D eigenvalue weighted by molar-refractivity contribution is 0.171. The molecule has 3 heteroatoms. The molecule has 0 aliphatic heterocycles. The summed E-state index contributed by atoms with van der Waals surface area (Å²) < 4.78 is 2.14. The quantitative estimate of drug-likeness (QED) is 0.891. The first kappa shape index (κ1) is 12.4. The molecule has 3 rings (SSSR count). The van der Waals surface area contributed by atoms with Crippen LogP contribution in [0.25, 0.3) is 11.1 Å². The predicted octanol–water partition coefficient (Wildman–Crippen LogP) is 3.24. The summed E-state index contributed by atoms with van der Waals surface area (Å²) in [5.41, 5.74) is 8.01. The fraction of sp³-hybridized carbons (Fsp3) is 0.438. The Morgan fingerprint density at radius 3 is 2.68 bits per heavy atom.